The monoisotopic (exact) mass is 356 g/mol. The number of fused-ring (bicyclic) bond motifs is 1. The predicted octanol–water partition coefficient (Wildman–Crippen LogP) is 2.61. The van der Waals surface area contributed by atoms with Crippen LogP contribution in [-0.4, -0.2) is 32.6 Å². The molecule has 1 heterocycles. The largest absolute Gasteiger partial charge is 0.497 e. The molecule has 136 valence electrons. The molecule has 7 heteroatoms. The molecule has 7 nitrogen and oxygen atoms in total. The zero-order valence-corrected chi connectivity index (χ0v) is 14.6. The first kappa shape index (κ1) is 17.6. The molecule has 0 aromatic heterocycles. The lowest BCUT2D eigenvalue weighted by molar-refractivity contribution is -0.118. The lowest BCUT2D eigenvalue weighted by Gasteiger charge is -2.17. The molecule has 26 heavy (non-hydrogen) atoms. The van der Waals surface area contributed by atoms with E-state index in [-0.39, 0.29) is 18.4 Å². The van der Waals surface area contributed by atoms with Crippen molar-refractivity contribution in [3.8, 4) is 17.2 Å². The highest BCUT2D eigenvalue weighted by molar-refractivity contribution is 5.94. The molecule has 1 aliphatic rings. The fraction of sp³-hybridized carbons (Fsp3) is 0.263. The first-order valence-corrected chi connectivity index (χ1v) is 8.16. The Morgan fingerprint density at radius 2 is 1.77 bits per heavy atom. The number of hydrogen-bond acceptors (Lipinski definition) is 5. The van der Waals surface area contributed by atoms with E-state index in [1.165, 1.54) is 0 Å². The van der Waals surface area contributed by atoms with Gasteiger partial charge in [0.2, 0.25) is 5.91 Å². The van der Waals surface area contributed by atoms with Gasteiger partial charge in [-0.2, -0.15) is 0 Å². The summed E-state index contributed by atoms with van der Waals surface area (Å²) < 4.78 is 15.9. The quantitative estimate of drug-likeness (QED) is 0.831. The molecule has 3 rings (SSSR count). The average molecular weight is 356 g/mol. The van der Waals surface area contributed by atoms with Gasteiger partial charge >= 0.3 is 0 Å². The van der Waals surface area contributed by atoms with Crippen LogP contribution in [0.3, 0.4) is 0 Å². The number of amides is 2. The Morgan fingerprint density at radius 3 is 2.46 bits per heavy atom. The molecule has 2 N–H and O–H groups in total. The van der Waals surface area contributed by atoms with Crippen LogP contribution in [-0.2, 0) is 16.0 Å². The first-order valence-electron chi connectivity index (χ1n) is 8.16. The van der Waals surface area contributed by atoms with E-state index in [1.807, 2.05) is 6.07 Å². The van der Waals surface area contributed by atoms with Gasteiger partial charge < -0.3 is 24.8 Å². The number of carbonyl (C=O) groups is 2. The number of hydrogen-bond donors (Lipinski definition) is 2. The van der Waals surface area contributed by atoms with E-state index < -0.39 is 0 Å². The van der Waals surface area contributed by atoms with Gasteiger partial charge in [0, 0.05) is 36.0 Å². The molecule has 0 saturated heterocycles. The Kier molecular flexibility index (Phi) is 5.26. The molecule has 2 aromatic rings. The molecular weight excluding hydrogens is 336 g/mol. The molecule has 0 bridgehead atoms. The van der Waals surface area contributed by atoms with E-state index in [9.17, 15) is 9.59 Å². The molecule has 2 amide bonds. The SMILES string of the molecule is COc1cc(NC(=O)COc2ccc3c(c2)CCC(=O)N3)cc(OC)c1. The molecule has 0 atom stereocenters. The van der Waals surface area contributed by atoms with Crippen LogP contribution in [0.4, 0.5) is 11.4 Å². The Labute approximate surface area is 151 Å². The predicted molar refractivity (Wildman–Crippen MR) is 97.1 cm³/mol. The minimum atomic E-state index is -0.300. The third kappa shape index (κ3) is 4.24. The van der Waals surface area contributed by atoms with Crippen molar-refractivity contribution in [2.75, 3.05) is 31.5 Å². The van der Waals surface area contributed by atoms with Crippen LogP contribution in [0.2, 0.25) is 0 Å². The van der Waals surface area contributed by atoms with Gasteiger partial charge in [0.25, 0.3) is 5.91 Å². The number of rotatable bonds is 6. The van der Waals surface area contributed by atoms with Crippen molar-refractivity contribution in [3.63, 3.8) is 0 Å². The van der Waals surface area contributed by atoms with Gasteiger partial charge in [-0.15, -0.1) is 0 Å². The number of benzene rings is 2. The zero-order chi connectivity index (χ0) is 18.5. The van der Waals surface area contributed by atoms with E-state index in [0.29, 0.717) is 35.8 Å². The molecule has 0 fully saturated rings. The van der Waals surface area contributed by atoms with E-state index in [1.54, 1.807) is 44.6 Å². The van der Waals surface area contributed by atoms with Crippen LogP contribution in [0.1, 0.15) is 12.0 Å². The molecule has 2 aromatic carbocycles. The lowest BCUT2D eigenvalue weighted by atomic mass is 10.0. The number of methoxy groups -OCH3 is 2. The number of anilines is 2. The smallest absolute Gasteiger partial charge is 0.262 e. The van der Waals surface area contributed by atoms with Crippen molar-refractivity contribution >= 4 is 23.2 Å². The van der Waals surface area contributed by atoms with Gasteiger partial charge in [0.1, 0.15) is 17.2 Å². The third-order valence-electron chi connectivity index (χ3n) is 3.98. The standard InChI is InChI=1S/C19H20N2O5/c1-24-15-8-13(9-16(10-15)25-2)20-19(23)11-26-14-4-5-17-12(7-14)3-6-18(22)21-17/h4-5,7-10H,3,6,11H2,1-2H3,(H,20,23)(H,21,22). The van der Waals surface area contributed by atoms with Crippen molar-refractivity contribution in [1.29, 1.82) is 0 Å². The molecule has 1 aliphatic heterocycles. The third-order valence-corrected chi connectivity index (χ3v) is 3.98. The Balaban J connectivity index is 1.60. The second-order valence-electron chi connectivity index (χ2n) is 5.81. The van der Waals surface area contributed by atoms with Gasteiger partial charge in [0.05, 0.1) is 14.2 Å². The highest BCUT2D eigenvalue weighted by Crippen LogP contribution is 2.27. The van der Waals surface area contributed by atoms with Crippen LogP contribution in [0.25, 0.3) is 0 Å². The van der Waals surface area contributed by atoms with Crippen molar-refractivity contribution in [2.45, 2.75) is 12.8 Å². The van der Waals surface area contributed by atoms with Crippen LogP contribution >= 0.6 is 0 Å². The number of nitrogens with one attached hydrogen (secondary N) is 2. The van der Waals surface area contributed by atoms with Crippen molar-refractivity contribution in [2.24, 2.45) is 0 Å². The number of carbonyl (C=O) groups excluding carboxylic acids is 2. The maximum Gasteiger partial charge on any atom is 0.262 e. The molecular formula is C19H20N2O5. The summed E-state index contributed by atoms with van der Waals surface area (Å²) in [6.07, 6.45) is 1.11. The Hall–Kier alpha value is -3.22. The van der Waals surface area contributed by atoms with E-state index in [0.717, 1.165) is 11.3 Å². The topological polar surface area (TPSA) is 85.9 Å². The minimum Gasteiger partial charge on any atom is -0.497 e. The number of ether oxygens (including phenoxy) is 3. The van der Waals surface area contributed by atoms with E-state index in [4.69, 9.17) is 14.2 Å². The fourth-order valence-electron chi connectivity index (χ4n) is 2.68. The first-order chi connectivity index (χ1) is 12.6. The Bertz CT molecular complexity index is 812. The summed E-state index contributed by atoms with van der Waals surface area (Å²) >= 11 is 0. The number of aryl methyl sites for hydroxylation is 1. The van der Waals surface area contributed by atoms with Crippen molar-refractivity contribution < 1.29 is 23.8 Å². The lowest BCUT2D eigenvalue weighted by Crippen LogP contribution is -2.21. The van der Waals surface area contributed by atoms with Gasteiger partial charge in [-0.25, -0.2) is 0 Å². The molecule has 0 saturated carbocycles. The van der Waals surface area contributed by atoms with Crippen LogP contribution < -0.4 is 24.8 Å². The summed E-state index contributed by atoms with van der Waals surface area (Å²) in [5, 5.41) is 5.56. The minimum absolute atomic E-state index is 0.0132. The summed E-state index contributed by atoms with van der Waals surface area (Å²) in [6, 6.07) is 10.5. The second kappa shape index (κ2) is 7.77. The maximum absolute atomic E-state index is 12.1. The van der Waals surface area contributed by atoms with Crippen LogP contribution in [0.15, 0.2) is 36.4 Å². The normalized spacial score (nSPS) is 12.6. The molecule has 0 radical (unpaired) electrons. The van der Waals surface area contributed by atoms with Crippen molar-refractivity contribution in [3.05, 3.63) is 42.0 Å². The average Bonchev–Trinajstić information content (AvgIpc) is 2.65. The zero-order valence-electron chi connectivity index (χ0n) is 14.6. The Morgan fingerprint density at radius 1 is 1.04 bits per heavy atom. The molecule has 0 aliphatic carbocycles. The van der Waals surface area contributed by atoms with Gasteiger partial charge in [-0.05, 0) is 30.2 Å². The van der Waals surface area contributed by atoms with E-state index in [2.05, 4.69) is 10.6 Å². The fourth-order valence-corrected chi connectivity index (χ4v) is 2.68. The molecule has 0 unspecified atom stereocenters. The van der Waals surface area contributed by atoms with E-state index >= 15 is 0 Å². The second-order valence-corrected chi connectivity index (χ2v) is 5.81. The summed E-state index contributed by atoms with van der Waals surface area (Å²) in [5.74, 6) is 1.46. The highest BCUT2D eigenvalue weighted by Gasteiger charge is 2.15. The highest BCUT2D eigenvalue weighted by atomic mass is 16.5. The summed E-state index contributed by atoms with van der Waals surface area (Å²) in [7, 11) is 3.09. The van der Waals surface area contributed by atoms with Crippen LogP contribution in [0.5, 0.6) is 17.2 Å². The van der Waals surface area contributed by atoms with Gasteiger partial charge in [-0.1, -0.05) is 0 Å². The maximum atomic E-state index is 12.1. The summed E-state index contributed by atoms with van der Waals surface area (Å²) in [5.41, 5.74) is 2.35. The van der Waals surface area contributed by atoms with Crippen molar-refractivity contribution in [1.82, 2.24) is 0 Å². The van der Waals surface area contributed by atoms with Gasteiger partial charge in [0.15, 0.2) is 6.61 Å². The van der Waals surface area contributed by atoms with Gasteiger partial charge in [-0.3, -0.25) is 9.59 Å². The van der Waals surface area contributed by atoms with Crippen LogP contribution in [0, 0.1) is 0 Å². The molecule has 0 spiro atoms. The summed E-state index contributed by atoms with van der Waals surface area (Å²) in [4.78, 5) is 23.5. The summed E-state index contributed by atoms with van der Waals surface area (Å²) in [6.45, 7) is -0.134.